The van der Waals surface area contributed by atoms with E-state index in [-0.39, 0.29) is 11.9 Å². The fraction of sp³-hybridized carbons (Fsp3) is 0.909. The Bertz CT molecular complexity index is 167. The van der Waals surface area contributed by atoms with Gasteiger partial charge in [-0.2, -0.15) is 0 Å². The first-order valence-corrected chi connectivity index (χ1v) is 5.34. The van der Waals surface area contributed by atoms with Crippen molar-refractivity contribution in [1.82, 2.24) is 0 Å². The van der Waals surface area contributed by atoms with Gasteiger partial charge in [-0.25, -0.2) is 0 Å². The number of hydrogen-bond acceptors (Lipinski definition) is 3. The summed E-state index contributed by atoms with van der Waals surface area (Å²) in [6.45, 7) is 9.08. The van der Waals surface area contributed by atoms with Crippen LogP contribution in [0.15, 0.2) is 0 Å². The van der Waals surface area contributed by atoms with E-state index < -0.39 is 0 Å². The molecule has 1 atom stereocenters. The van der Waals surface area contributed by atoms with E-state index in [1.54, 1.807) is 0 Å². The van der Waals surface area contributed by atoms with Gasteiger partial charge in [0.15, 0.2) is 0 Å². The number of rotatable bonds is 6. The number of carbonyl (C=O) groups is 1. The predicted octanol–water partition coefficient (Wildman–Crippen LogP) is 1.81. The summed E-state index contributed by atoms with van der Waals surface area (Å²) in [4.78, 5) is 11.5. The van der Waals surface area contributed by atoms with Crippen LogP contribution in [0, 0.1) is 17.8 Å². The second-order valence-corrected chi connectivity index (χ2v) is 4.59. The van der Waals surface area contributed by atoms with Crippen molar-refractivity contribution in [2.75, 3.05) is 13.2 Å². The Kier molecular flexibility index (Phi) is 6.54. The summed E-state index contributed by atoms with van der Waals surface area (Å²) >= 11 is 0. The molecule has 0 aromatic heterocycles. The van der Waals surface area contributed by atoms with Gasteiger partial charge in [0.1, 0.15) is 0 Å². The average Bonchev–Trinajstić information content (AvgIpc) is 2.09. The van der Waals surface area contributed by atoms with Gasteiger partial charge in [-0.05, 0) is 18.3 Å². The van der Waals surface area contributed by atoms with E-state index in [0.29, 0.717) is 25.0 Å². The first kappa shape index (κ1) is 13.4. The summed E-state index contributed by atoms with van der Waals surface area (Å²) in [6.07, 6.45) is 0.813. The quantitative estimate of drug-likeness (QED) is 0.667. The Morgan fingerprint density at radius 2 is 1.79 bits per heavy atom. The zero-order chi connectivity index (χ0) is 11.1. The van der Waals surface area contributed by atoms with E-state index in [1.807, 2.05) is 13.8 Å². The number of esters is 1. The van der Waals surface area contributed by atoms with Gasteiger partial charge < -0.3 is 10.5 Å². The molecule has 0 aliphatic carbocycles. The summed E-state index contributed by atoms with van der Waals surface area (Å²) in [5.74, 6) is 0.593. The van der Waals surface area contributed by atoms with E-state index in [4.69, 9.17) is 10.5 Å². The number of ether oxygens (including phenoxy) is 1. The van der Waals surface area contributed by atoms with E-state index in [0.717, 1.165) is 6.42 Å². The molecular formula is C11H23NO2. The SMILES string of the molecule is CC(C)COC(=O)C(CN)CC(C)C. The summed E-state index contributed by atoms with van der Waals surface area (Å²) in [6, 6.07) is 0. The minimum absolute atomic E-state index is 0.131. The van der Waals surface area contributed by atoms with Crippen LogP contribution in [0.2, 0.25) is 0 Å². The molecule has 1 unspecified atom stereocenters. The summed E-state index contributed by atoms with van der Waals surface area (Å²) in [5, 5.41) is 0. The molecule has 0 aliphatic heterocycles. The first-order chi connectivity index (χ1) is 6.47. The van der Waals surface area contributed by atoms with Gasteiger partial charge in [-0.3, -0.25) is 4.79 Å². The second-order valence-electron chi connectivity index (χ2n) is 4.59. The van der Waals surface area contributed by atoms with Crippen LogP contribution in [-0.4, -0.2) is 19.1 Å². The van der Waals surface area contributed by atoms with Gasteiger partial charge >= 0.3 is 5.97 Å². The molecule has 0 saturated heterocycles. The highest BCUT2D eigenvalue weighted by atomic mass is 16.5. The Balaban J connectivity index is 3.92. The summed E-state index contributed by atoms with van der Waals surface area (Å²) < 4.78 is 5.14. The lowest BCUT2D eigenvalue weighted by atomic mass is 9.97. The summed E-state index contributed by atoms with van der Waals surface area (Å²) in [7, 11) is 0. The number of hydrogen-bond donors (Lipinski definition) is 1. The fourth-order valence-corrected chi connectivity index (χ4v) is 1.22. The molecule has 0 heterocycles. The topological polar surface area (TPSA) is 52.3 Å². The highest BCUT2D eigenvalue weighted by Gasteiger charge is 2.19. The van der Waals surface area contributed by atoms with Crippen molar-refractivity contribution in [2.24, 2.45) is 23.5 Å². The lowest BCUT2D eigenvalue weighted by Gasteiger charge is -2.16. The molecule has 0 aliphatic rings. The van der Waals surface area contributed by atoms with E-state index in [9.17, 15) is 4.79 Å². The van der Waals surface area contributed by atoms with Gasteiger partial charge in [0.25, 0.3) is 0 Å². The number of nitrogens with two attached hydrogens (primary N) is 1. The third-order valence-corrected chi connectivity index (χ3v) is 1.93. The van der Waals surface area contributed by atoms with E-state index in [2.05, 4.69) is 13.8 Å². The van der Waals surface area contributed by atoms with Gasteiger partial charge in [0.05, 0.1) is 12.5 Å². The number of carbonyl (C=O) groups excluding carboxylic acids is 1. The molecule has 0 bridgehead atoms. The molecule has 0 aromatic rings. The van der Waals surface area contributed by atoms with E-state index >= 15 is 0 Å². The highest BCUT2D eigenvalue weighted by Crippen LogP contribution is 2.12. The smallest absolute Gasteiger partial charge is 0.310 e. The van der Waals surface area contributed by atoms with Crippen LogP contribution in [0.4, 0.5) is 0 Å². The molecule has 0 amide bonds. The first-order valence-electron chi connectivity index (χ1n) is 5.34. The van der Waals surface area contributed by atoms with Crippen LogP contribution in [0.25, 0.3) is 0 Å². The maximum Gasteiger partial charge on any atom is 0.310 e. The Morgan fingerprint density at radius 3 is 2.14 bits per heavy atom. The Morgan fingerprint density at radius 1 is 1.21 bits per heavy atom. The van der Waals surface area contributed by atoms with Crippen molar-refractivity contribution in [3.05, 3.63) is 0 Å². The van der Waals surface area contributed by atoms with Crippen LogP contribution >= 0.6 is 0 Å². The van der Waals surface area contributed by atoms with Gasteiger partial charge in [-0.1, -0.05) is 27.7 Å². The predicted molar refractivity (Wildman–Crippen MR) is 57.8 cm³/mol. The van der Waals surface area contributed by atoms with Crippen molar-refractivity contribution in [2.45, 2.75) is 34.1 Å². The van der Waals surface area contributed by atoms with Gasteiger partial charge in [0, 0.05) is 6.54 Å². The molecule has 2 N–H and O–H groups in total. The molecule has 0 fully saturated rings. The maximum absolute atomic E-state index is 11.5. The molecular weight excluding hydrogens is 178 g/mol. The van der Waals surface area contributed by atoms with Crippen LogP contribution in [-0.2, 0) is 9.53 Å². The lowest BCUT2D eigenvalue weighted by Crippen LogP contribution is -2.28. The molecule has 0 radical (unpaired) electrons. The molecule has 0 aromatic carbocycles. The molecule has 14 heavy (non-hydrogen) atoms. The Hall–Kier alpha value is -0.570. The van der Waals surface area contributed by atoms with Crippen molar-refractivity contribution in [3.63, 3.8) is 0 Å². The molecule has 0 rings (SSSR count). The van der Waals surface area contributed by atoms with E-state index in [1.165, 1.54) is 0 Å². The largest absolute Gasteiger partial charge is 0.465 e. The third kappa shape index (κ3) is 5.97. The van der Waals surface area contributed by atoms with Crippen molar-refractivity contribution in [1.29, 1.82) is 0 Å². The van der Waals surface area contributed by atoms with Crippen LogP contribution in [0.3, 0.4) is 0 Å². The molecule has 3 heteroatoms. The summed E-state index contributed by atoms with van der Waals surface area (Å²) in [5.41, 5.74) is 5.53. The normalized spacial score (nSPS) is 13.4. The zero-order valence-corrected chi connectivity index (χ0v) is 9.75. The third-order valence-electron chi connectivity index (χ3n) is 1.93. The lowest BCUT2D eigenvalue weighted by molar-refractivity contribution is -0.149. The monoisotopic (exact) mass is 201 g/mol. The minimum Gasteiger partial charge on any atom is -0.465 e. The molecule has 3 nitrogen and oxygen atoms in total. The molecule has 84 valence electrons. The standard InChI is InChI=1S/C11H23NO2/c1-8(2)5-10(6-12)11(13)14-7-9(3)4/h8-10H,5-7,12H2,1-4H3. The van der Waals surface area contributed by atoms with Crippen LogP contribution in [0.5, 0.6) is 0 Å². The second kappa shape index (κ2) is 6.82. The molecule has 0 saturated carbocycles. The average molecular weight is 201 g/mol. The minimum atomic E-state index is -0.144. The van der Waals surface area contributed by atoms with Gasteiger partial charge in [-0.15, -0.1) is 0 Å². The van der Waals surface area contributed by atoms with Crippen LogP contribution in [0.1, 0.15) is 34.1 Å². The Labute approximate surface area is 87.0 Å². The zero-order valence-electron chi connectivity index (χ0n) is 9.75. The fourth-order valence-electron chi connectivity index (χ4n) is 1.22. The van der Waals surface area contributed by atoms with Crippen LogP contribution < -0.4 is 5.73 Å². The van der Waals surface area contributed by atoms with Crippen molar-refractivity contribution in [3.8, 4) is 0 Å². The highest BCUT2D eigenvalue weighted by molar-refractivity contribution is 5.72. The van der Waals surface area contributed by atoms with Crippen molar-refractivity contribution < 1.29 is 9.53 Å². The maximum atomic E-state index is 11.5. The van der Waals surface area contributed by atoms with Gasteiger partial charge in [0.2, 0.25) is 0 Å². The van der Waals surface area contributed by atoms with Crippen molar-refractivity contribution >= 4 is 5.97 Å². The molecule has 0 spiro atoms.